The Hall–Kier alpha value is -0.420. The SMILES string of the molecule is CN(C)CCN(C)CCC(O)c1ccc(Br)cc1. The van der Waals surface area contributed by atoms with Gasteiger partial charge in [0.25, 0.3) is 0 Å². The smallest absolute Gasteiger partial charge is 0.0802 e. The Morgan fingerprint density at radius 3 is 2.22 bits per heavy atom. The molecule has 0 radical (unpaired) electrons. The molecule has 0 aliphatic heterocycles. The first-order valence-electron chi connectivity index (χ1n) is 6.26. The van der Waals surface area contributed by atoms with Gasteiger partial charge in [-0.1, -0.05) is 28.1 Å². The molecule has 0 saturated carbocycles. The Kier molecular flexibility index (Phi) is 6.86. The van der Waals surface area contributed by atoms with Crippen LogP contribution in [-0.2, 0) is 0 Å². The molecule has 1 aromatic carbocycles. The molecule has 1 aromatic rings. The van der Waals surface area contributed by atoms with Gasteiger partial charge in [-0.3, -0.25) is 0 Å². The molecule has 1 unspecified atom stereocenters. The summed E-state index contributed by atoms with van der Waals surface area (Å²) < 4.78 is 1.04. The molecule has 1 N–H and O–H groups in total. The summed E-state index contributed by atoms with van der Waals surface area (Å²) in [4.78, 5) is 4.42. The number of benzene rings is 1. The van der Waals surface area contributed by atoms with E-state index in [2.05, 4.69) is 46.9 Å². The van der Waals surface area contributed by atoms with Crippen LogP contribution in [-0.4, -0.2) is 55.7 Å². The van der Waals surface area contributed by atoms with Crippen molar-refractivity contribution in [1.29, 1.82) is 0 Å². The number of likely N-dealkylation sites (N-methyl/N-ethyl adjacent to an activating group) is 2. The van der Waals surface area contributed by atoms with Crippen molar-refractivity contribution >= 4 is 15.9 Å². The number of rotatable bonds is 7. The van der Waals surface area contributed by atoms with Crippen LogP contribution in [0.5, 0.6) is 0 Å². The monoisotopic (exact) mass is 314 g/mol. The molecule has 4 heteroatoms. The minimum absolute atomic E-state index is 0.375. The molecule has 1 atom stereocenters. The van der Waals surface area contributed by atoms with Gasteiger partial charge in [0, 0.05) is 24.1 Å². The van der Waals surface area contributed by atoms with Crippen LogP contribution >= 0.6 is 15.9 Å². The summed E-state index contributed by atoms with van der Waals surface area (Å²) in [6.45, 7) is 2.98. The van der Waals surface area contributed by atoms with Crippen LogP contribution in [0.15, 0.2) is 28.7 Å². The highest BCUT2D eigenvalue weighted by Gasteiger charge is 2.08. The van der Waals surface area contributed by atoms with Gasteiger partial charge in [-0.05, 0) is 45.3 Å². The molecule has 18 heavy (non-hydrogen) atoms. The molecule has 0 aromatic heterocycles. The lowest BCUT2D eigenvalue weighted by molar-refractivity contribution is 0.147. The van der Waals surface area contributed by atoms with Crippen molar-refractivity contribution in [3.8, 4) is 0 Å². The average molecular weight is 315 g/mol. The van der Waals surface area contributed by atoms with E-state index in [1.54, 1.807) is 0 Å². The second-order valence-electron chi connectivity index (χ2n) is 4.96. The van der Waals surface area contributed by atoms with Gasteiger partial charge in [0.1, 0.15) is 0 Å². The fourth-order valence-electron chi connectivity index (χ4n) is 1.68. The number of nitrogens with zero attached hydrogens (tertiary/aromatic N) is 2. The molecule has 0 bridgehead atoms. The van der Waals surface area contributed by atoms with Gasteiger partial charge >= 0.3 is 0 Å². The van der Waals surface area contributed by atoms with E-state index in [0.717, 1.165) is 36.1 Å². The van der Waals surface area contributed by atoms with Crippen molar-refractivity contribution in [2.24, 2.45) is 0 Å². The average Bonchev–Trinajstić information content (AvgIpc) is 2.34. The first-order chi connectivity index (χ1) is 8.49. The fourth-order valence-corrected chi connectivity index (χ4v) is 1.94. The van der Waals surface area contributed by atoms with Crippen LogP contribution in [0.25, 0.3) is 0 Å². The lowest BCUT2D eigenvalue weighted by Gasteiger charge is -2.21. The van der Waals surface area contributed by atoms with Crippen LogP contribution in [0, 0.1) is 0 Å². The minimum atomic E-state index is -0.375. The van der Waals surface area contributed by atoms with Crippen LogP contribution < -0.4 is 0 Å². The zero-order valence-electron chi connectivity index (χ0n) is 11.4. The van der Waals surface area contributed by atoms with Gasteiger partial charge in [-0.25, -0.2) is 0 Å². The second kappa shape index (κ2) is 7.89. The summed E-state index contributed by atoms with van der Waals surface area (Å²) in [6.07, 6.45) is 0.394. The molecule has 0 aliphatic rings. The quantitative estimate of drug-likeness (QED) is 0.837. The molecule has 0 aliphatic carbocycles. The van der Waals surface area contributed by atoms with E-state index in [9.17, 15) is 5.11 Å². The predicted octanol–water partition coefficient (Wildman–Crippen LogP) is 2.37. The third kappa shape index (κ3) is 5.96. The number of aliphatic hydroxyl groups excluding tert-OH is 1. The predicted molar refractivity (Wildman–Crippen MR) is 79.8 cm³/mol. The van der Waals surface area contributed by atoms with E-state index in [4.69, 9.17) is 0 Å². The maximum absolute atomic E-state index is 10.1. The highest BCUT2D eigenvalue weighted by Crippen LogP contribution is 2.19. The molecule has 0 spiro atoms. The van der Waals surface area contributed by atoms with Gasteiger partial charge in [0.05, 0.1) is 6.10 Å². The van der Waals surface area contributed by atoms with Gasteiger partial charge < -0.3 is 14.9 Å². The standard InChI is InChI=1S/C14H23BrN2O/c1-16(2)10-11-17(3)9-8-14(18)12-4-6-13(15)7-5-12/h4-7,14,18H,8-11H2,1-3H3. The van der Waals surface area contributed by atoms with Gasteiger partial charge in [-0.15, -0.1) is 0 Å². The molecule has 0 amide bonds. The zero-order chi connectivity index (χ0) is 13.5. The van der Waals surface area contributed by atoms with E-state index in [1.807, 2.05) is 24.3 Å². The summed E-state index contributed by atoms with van der Waals surface area (Å²) >= 11 is 3.40. The van der Waals surface area contributed by atoms with Crippen molar-refractivity contribution in [2.45, 2.75) is 12.5 Å². The van der Waals surface area contributed by atoms with Crippen LogP contribution in [0.2, 0.25) is 0 Å². The van der Waals surface area contributed by atoms with Gasteiger partial charge in [0.2, 0.25) is 0 Å². The van der Waals surface area contributed by atoms with E-state index in [-0.39, 0.29) is 6.10 Å². The molecule has 1 rings (SSSR count). The lowest BCUT2D eigenvalue weighted by Crippen LogP contribution is -2.30. The molecule has 0 fully saturated rings. The Labute approximate surface area is 119 Å². The Morgan fingerprint density at radius 2 is 1.67 bits per heavy atom. The Balaban J connectivity index is 2.32. The molecule has 102 valence electrons. The minimum Gasteiger partial charge on any atom is -0.388 e. The summed E-state index contributed by atoms with van der Waals surface area (Å²) in [5.41, 5.74) is 0.985. The first kappa shape index (κ1) is 15.6. The normalized spacial score (nSPS) is 13.3. The second-order valence-corrected chi connectivity index (χ2v) is 5.88. The van der Waals surface area contributed by atoms with E-state index < -0.39 is 0 Å². The summed E-state index contributed by atoms with van der Waals surface area (Å²) in [6, 6.07) is 7.87. The Morgan fingerprint density at radius 1 is 1.06 bits per heavy atom. The number of hydrogen-bond acceptors (Lipinski definition) is 3. The number of hydrogen-bond donors (Lipinski definition) is 1. The third-order valence-electron chi connectivity index (χ3n) is 2.97. The highest BCUT2D eigenvalue weighted by molar-refractivity contribution is 9.10. The van der Waals surface area contributed by atoms with E-state index in [0.29, 0.717) is 0 Å². The van der Waals surface area contributed by atoms with Gasteiger partial charge in [-0.2, -0.15) is 0 Å². The van der Waals surface area contributed by atoms with Crippen molar-refractivity contribution < 1.29 is 5.11 Å². The van der Waals surface area contributed by atoms with Crippen molar-refractivity contribution in [2.75, 3.05) is 40.8 Å². The molecule has 0 heterocycles. The van der Waals surface area contributed by atoms with Crippen LogP contribution in [0.1, 0.15) is 18.1 Å². The van der Waals surface area contributed by atoms with Crippen LogP contribution in [0.3, 0.4) is 0 Å². The summed E-state index contributed by atoms with van der Waals surface area (Å²) in [5, 5.41) is 10.1. The zero-order valence-corrected chi connectivity index (χ0v) is 13.0. The van der Waals surface area contributed by atoms with E-state index >= 15 is 0 Å². The molecular weight excluding hydrogens is 292 g/mol. The van der Waals surface area contributed by atoms with Crippen molar-refractivity contribution in [3.63, 3.8) is 0 Å². The van der Waals surface area contributed by atoms with Crippen molar-refractivity contribution in [1.82, 2.24) is 9.80 Å². The molecular formula is C14H23BrN2O. The number of halogens is 1. The van der Waals surface area contributed by atoms with Gasteiger partial charge in [0.15, 0.2) is 0 Å². The van der Waals surface area contributed by atoms with Crippen molar-refractivity contribution in [3.05, 3.63) is 34.3 Å². The highest BCUT2D eigenvalue weighted by atomic mass is 79.9. The van der Waals surface area contributed by atoms with Crippen LogP contribution in [0.4, 0.5) is 0 Å². The molecule has 0 saturated heterocycles. The maximum atomic E-state index is 10.1. The summed E-state index contributed by atoms with van der Waals surface area (Å²) in [5.74, 6) is 0. The topological polar surface area (TPSA) is 26.7 Å². The molecule has 3 nitrogen and oxygen atoms in total. The first-order valence-corrected chi connectivity index (χ1v) is 7.05. The largest absolute Gasteiger partial charge is 0.388 e. The Bertz CT molecular complexity index is 340. The third-order valence-corrected chi connectivity index (χ3v) is 3.50. The maximum Gasteiger partial charge on any atom is 0.0802 e. The lowest BCUT2D eigenvalue weighted by atomic mass is 10.1. The van der Waals surface area contributed by atoms with E-state index in [1.165, 1.54) is 0 Å². The fraction of sp³-hybridized carbons (Fsp3) is 0.571. The number of aliphatic hydroxyl groups is 1. The summed E-state index contributed by atoms with van der Waals surface area (Å²) in [7, 11) is 6.24.